The number of nitrogens with zero attached hydrogens (tertiary/aromatic N) is 2. The molecular weight excluding hydrogens is 259 g/mol. The molecule has 0 aromatic heterocycles. The van der Waals surface area contributed by atoms with Crippen LogP contribution in [0.25, 0.3) is 0 Å². The van der Waals surface area contributed by atoms with Crippen molar-refractivity contribution >= 4 is 29.1 Å². The normalized spacial score (nSPS) is 14.2. The van der Waals surface area contributed by atoms with Gasteiger partial charge < -0.3 is 4.90 Å². The minimum atomic E-state index is -0.182. The van der Waals surface area contributed by atoms with Gasteiger partial charge in [0.15, 0.2) is 0 Å². The molecule has 2 rings (SSSR count). The summed E-state index contributed by atoms with van der Waals surface area (Å²) in [5.74, 6) is -0.182. The van der Waals surface area contributed by atoms with Gasteiger partial charge in [0.25, 0.3) is 5.91 Å². The molecule has 1 fully saturated rings. The summed E-state index contributed by atoms with van der Waals surface area (Å²) in [4.78, 5) is 13.7. The number of carbonyl (C=O) groups excluding carboxylic acids is 1. The van der Waals surface area contributed by atoms with Gasteiger partial charge in [-0.15, -0.1) is 0 Å². The van der Waals surface area contributed by atoms with Crippen LogP contribution in [-0.4, -0.2) is 23.4 Å². The van der Waals surface area contributed by atoms with Crippen molar-refractivity contribution in [1.29, 1.82) is 5.26 Å². The molecule has 1 aliphatic carbocycles. The maximum Gasteiger partial charge on any atom is 0.255 e. The first-order valence-electron chi connectivity index (χ1n) is 5.26. The number of halogens is 2. The zero-order valence-corrected chi connectivity index (χ0v) is 10.5. The lowest BCUT2D eigenvalue weighted by molar-refractivity contribution is 0.0765. The van der Waals surface area contributed by atoms with Gasteiger partial charge in [0.1, 0.15) is 6.54 Å². The molecular formula is C12H10Cl2N2O. The smallest absolute Gasteiger partial charge is 0.255 e. The maximum atomic E-state index is 12.2. The third-order valence-electron chi connectivity index (χ3n) is 2.60. The summed E-state index contributed by atoms with van der Waals surface area (Å²) >= 11 is 11.7. The Hall–Kier alpha value is -1.24. The van der Waals surface area contributed by atoms with E-state index in [4.69, 9.17) is 28.5 Å². The monoisotopic (exact) mass is 268 g/mol. The standard InChI is InChI=1S/C12H10Cl2N2O/c13-9-5-8(6-10(14)7-9)12(17)16(4-3-15)11-1-2-11/h5-7,11H,1-2,4H2. The minimum Gasteiger partial charge on any atom is -0.322 e. The summed E-state index contributed by atoms with van der Waals surface area (Å²) in [5.41, 5.74) is 0.435. The van der Waals surface area contributed by atoms with E-state index in [1.807, 2.05) is 6.07 Å². The fourth-order valence-electron chi connectivity index (χ4n) is 1.67. The number of carbonyl (C=O) groups is 1. The Balaban J connectivity index is 2.25. The molecule has 1 aromatic carbocycles. The van der Waals surface area contributed by atoms with Gasteiger partial charge in [0.2, 0.25) is 0 Å². The van der Waals surface area contributed by atoms with Crippen LogP contribution in [0.4, 0.5) is 0 Å². The van der Waals surface area contributed by atoms with Crippen molar-refractivity contribution in [3.8, 4) is 6.07 Å². The van der Waals surface area contributed by atoms with E-state index >= 15 is 0 Å². The Bertz CT molecular complexity index is 472. The predicted molar refractivity (Wildman–Crippen MR) is 66.1 cm³/mol. The molecule has 0 unspecified atom stereocenters. The summed E-state index contributed by atoms with van der Waals surface area (Å²) in [6.07, 6.45) is 1.92. The molecule has 0 heterocycles. The van der Waals surface area contributed by atoms with Crippen molar-refractivity contribution in [1.82, 2.24) is 4.90 Å². The van der Waals surface area contributed by atoms with Gasteiger partial charge in [-0.2, -0.15) is 5.26 Å². The third-order valence-corrected chi connectivity index (χ3v) is 3.04. The third kappa shape index (κ3) is 2.91. The SMILES string of the molecule is N#CCN(C(=O)c1cc(Cl)cc(Cl)c1)C1CC1. The van der Waals surface area contributed by atoms with Crippen molar-refractivity contribution in [3.05, 3.63) is 33.8 Å². The van der Waals surface area contributed by atoms with E-state index in [0.29, 0.717) is 15.6 Å². The molecule has 0 radical (unpaired) electrons. The van der Waals surface area contributed by atoms with Crippen molar-refractivity contribution in [2.24, 2.45) is 0 Å². The number of nitriles is 1. The summed E-state index contributed by atoms with van der Waals surface area (Å²) in [7, 11) is 0. The molecule has 0 spiro atoms. The molecule has 0 aliphatic heterocycles. The first kappa shape index (κ1) is 12.2. The summed E-state index contributed by atoms with van der Waals surface area (Å²) in [5, 5.41) is 9.57. The van der Waals surface area contributed by atoms with Gasteiger partial charge in [-0.1, -0.05) is 23.2 Å². The fourth-order valence-corrected chi connectivity index (χ4v) is 2.20. The van der Waals surface area contributed by atoms with Crippen LogP contribution < -0.4 is 0 Å². The van der Waals surface area contributed by atoms with Crippen LogP contribution in [-0.2, 0) is 0 Å². The molecule has 0 saturated heterocycles. The quantitative estimate of drug-likeness (QED) is 0.791. The Morgan fingerprint density at radius 1 is 1.35 bits per heavy atom. The van der Waals surface area contributed by atoms with Crippen molar-refractivity contribution in [2.45, 2.75) is 18.9 Å². The van der Waals surface area contributed by atoms with E-state index in [-0.39, 0.29) is 18.5 Å². The van der Waals surface area contributed by atoms with Crippen molar-refractivity contribution < 1.29 is 4.79 Å². The second-order valence-electron chi connectivity index (χ2n) is 3.98. The fraction of sp³-hybridized carbons (Fsp3) is 0.333. The second kappa shape index (κ2) is 4.95. The van der Waals surface area contributed by atoms with Gasteiger partial charge in [-0.25, -0.2) is 0 Å². The molecule has 5 heteroatoms. The van der Waals surface area contributed by atoms with Crippen LogP contribution >= 0.6 is 23.2 Å². The van der Waals surface area contributed by atoms with Crippen LogP contribution in [0.5, 0.6) is 0 Å². The predicted octanol–water partition coefficient (Wildman–Crippen LogP) is 3.12. The maximum absolute atomic E-state index is 12.2. The molecule has 1 aliphatic rings. The van der Waals surface area contributed by atoms with Crippen molar-refractivity contribution in [3.63, 3.8) is 0 Å². The van der Waals surface area contributed by atoms with E-state index in [9.17, 15) is 4.79 Å². The highest BCUT2D eigenvalue weighted by Gasteiger charge is 2.32. The lowest BCUT2D eigenvalue weighted by atomic mass is 10.2. The van der Waals surface area contributed by atoms with Crippen LogP contribution in [0, 0.1) is 11.3 Å². The van der Waals surface area contributed by atoms with Crippen LogP contribution in [0.2, 0.25) is 10.0 Å². The van der Waals surface area contributed by atoms with E-state index in [1.165, 1.54) is 0 Å². The first-order valence-corrected chi connectivity index (χ1v) is 6.01. The molecule has 3 nitrogen and oxygen atoms in total. The molecule has 0 atom stereocenters. The number of hydrogen-bond donors (Lipinski definition) is 0. The zero-order valence-electron chi connectivity index (χ0n) is 8.99. The Labute approximate surface area is 110 Å². The van der Waals surface area contributed by atoms with Gasteiger partial charge in [-0.3, -0.25) is 4.79 Å². The highest BCUT2D eigenvalue weighted by atomic mass is 35.5. The highest BCUT2D eigenvalue weighted by molar-refractivity contribution is 6.35. The number of amides is 1. The molecule has 1 saturated carbocycles. The zero-order chi connectivity index (χ0) is 12.4. The number of rotatable bonds is 3. The Morgan fingerprint density at radius 3 is 2.41 bits per heavy atom. The van der Waals surface area contributed by atoms with E-state index in [1.54, 1.807) is 23.1 Å². The number of hydrogen-bond acceptors (Lipinski definition) is 2. The molecule has 1 aromatic rings. The highest BCUT2D eigenvalue weighted by Crippen LogP contribution is 2.29. The second-order valence-corrected chi connectivity index (χ2v) is 4.85. The lowest BCUT2D eigenvalue weighted by Crippen LogP contribution is -2.33. The largest absolute Gasteiger partial charge is 0.322 e. The van der Waals surface area contributed by atoms with Gasteiger partial charge in [-0.05, 0) is 31.0 Å². The van der Waals surface area contributed by atoms with Crippen LogP contribution in [0.1, 0.15) is 23.2 Å². The first-order chi connectivity index (χ1) is 8.11. The Kier molecular flexibility index (Phi) is 3.56. The lowest BCUT2D eigenvalue weighted by Gasteiger charge is -2.19. The molecule has 0 N–H and O–H groups in total. The van der Waals surface area contributed by atoms with Crippen LogP contribution in [0.3, 0.4) is 0 Å². The molecule has 1 amide bonds. The Morgan fingerprint density at radius 2 is 1.94 bits per heavy atom. The minimum absolute atomic E-state index is 0.105. The molecule has 88 valence electrons. The molecule has 17 heavy (non-hydrogen) atoms. The van der Waals surface area contributed by atoms with Gasteiger partial charge >= 0.3 is 0 Å². The van der Waals surface area contributed by atoms with Crippen LogP contribution in [0.15, 0.2) is 18.2 Å². The molecule has 0 bridgehead atoms. The topological polar surface area (TPSA) is 44.1 Å². The average molecular weight is 269 g/mol. The summed E-state index contributed by atoms with van der Waals surface area (Å²) in [6.45, 7) is 0.105. The van der Waals surface area contributed by atoms with Crippen molar-refractivity contribution in [2.75, 3.05) is 6.54 Å². The van der Waals surface area contributed by atoms with Gasteiger partial charge in [0.05, 0.1) is 6.07 Å². The number of benzene rings is 1. The van der Waals surface area contributed by atoms with E-state index < -0.39 is 0 Å². The summed E-state index contributed by atoms with van der Waals surface area (Å²) < 4.78 is 0. The summed E-state index contributed by atoms with van der Waals surface area (Å²) in [6, 6.07) is 6.92. The van der Waals surface area contributed by atoms with E-state index in [2.05, 4.69) is 0 Å². The average Bonchev–Trinajstić information content (AvgIpc) is 3.07. The van der Waals surface area contributed by atoms with Gasteiger partial charge in [0, 0.05) is 21.7 Å². The van der Waals surface area contributed by atoms with E-state index in [0.717, 1.165) is 12.8 Å².